The summed E-state index contributed by atoms with van der Waals surface area (Å²) < 4.78 is 1.14. The highest BCUT2D eigenvalue weighted by Crippen LogP contribution is 2.11. The van der Waals surface area contributed by atoms with Crippen molar-refractivity contribution in [1.29, 1.82) is 0 Å². The molecule has 2 aromatic rings. The van der Waals surface area contributed by atoms with Crippen LogP contribution in [0.25, 0.3) is 0 Å². The number of hydrogen-bond acceptors (Lipinski definition) is 4. The van der Waals surface area contributed by atoms with Crippen molar-refractivity contribution in [3.63, 3.8) is 0 Å². The van der Waals surface area contributed by atoms with Crippen molar-refractivity contribution in [1.82, 2.24) is 0 Å². The molecule has 0 heterocycles. The summed E-state index contributed by atoms with van der Waals surface area (Å²) >= 11 is -0.965. The molecule has 0 amide bonds. The van der Waals surface area contributed by atoms with Crippen LogP contribution in [0.1, 0.15) is 0 Å². The van der Waals surface area contributed by atoms with Crippen LogP contribution in [0.3, 0.4) is 0 Å². The average Bonchev–Trinajstić information content (AvgIpc) is 2.39. The van der Waals surface area contributed by atoms with E-state index in [4.69, 9.17) is 0 Å². The smallest absolute Gasteiger partial charge is 0.258 e. The maximum atomic E-state index is 10.9. The highest BCUT2D eigenvalue weighted by Gasteiger charge is 2.32. The van der Waals surface area contributed by atoms with E-state index in [0.717, 1.165) is 0 Å². The Morgan fingerprint density at radius 3 is 1.47 bits per heavy atom. The van der Waals surface area contributed by atoms with Crippen LogP contribution in [0.15, 0.2) is 48.5 Å². The second-order valence-corrected chi connectivity index (χ2v) is 6.38. The van der Waals surface area contributed by atoms with Gasteiger partial charge < -0.3 is 0 Å². The first-order valence-electron chi connectivity index (χ1n) is 5.21. The summed E-state index contributed by atoms with van der Waals surface area (Å²) in [7, 11) is 0. The number of nitro groups is 2. The third-order valence-electron chi connectivity index (χ3n) is 2.30. The summed E-state index contributed by atoms with van der Waals surface area (Å²) in [6, 6.07) is 12.7. The van der Waals surface area contributed by atoms with Crippen molar-refractivity contribution in [3.8, 4) is 0 Å². The average molecular weight is 371 g/mol. The standard InChI is InChI=1S/C12H8IN2O4/c16-14(17)11-7-3-1-5-9(11)13-10-6-2-4-8-12(10)15(18)19/h1-8H/q+1. The predicted molar refractivity (Wildman–Crippen MR) is 63.6 cm³/mol. The molecule has 2 rings (SSSR count). The van der Waals surface area contributed by atoms with Gasteiger partial charge in [0.05, 0.1) is 9.85 Å². The summed E-state index contributed by atoms with van der Waals surface area (Å²) in [5, 5.41) is 21.8. The lowest BCUT2D eigenvalue weighted by Gasteiger charge is -1.92. The topological polar surface area (TPSA) is 86.3 Å². The van der Waals surface area contributed by atoms with E-state index in [9.17, 15) is 20.2 Å². The maximum Gasteiger partial charge on any atom is 0.373 e. The molecule has 0 spiro atoms. The first kappa shape index (κ1) is 13.4. The van der Waals surface area contributed by atoms with Crippen LogP contribution >= 0.6 is 0 Å². The molecule has 19 heavy (non-hydrogen) atoms. The van der Waals surface area contributed by atoms with Crippen molar-refractivity contribution in [2.45, 2.75) is 0 Å². The Labute approximate surface area is 118 Å². The van der Waals surface area contributed by atoms with Gasteiger partial charge in [-0.3, -0.25) is 20.2 Å². The van der Waals surface area contributed by atoms with Crippen molar-refractivity contribution in [2.75, 3.05) is 0 Å². The van der Waals surface area contributed by atoms with Crippen molar-refractivity contribution in [3.05, 3.63) is 75.9 Å². The number of para-hydroxylation sites is 2. The molecule has 0 bridgehead atoms. The third kappa shape index (κ3) is 3.05. The molecule has 0 saturated heterocycles. The van der Waals surface area contributed by atoms with Gasteiger partial charge in [0.2, 0.25) is 0 Å². The molecule has 0 aliphatic heterocycles. The number of nitro benzene ring substituents is 2. The summed E-state index contributed by atoms with van der Waals surface area (Å²) in [6.45, 7) is 0. The zero-order chi connectivity index (χ0) is 13.8. The highest BCUT2D eigenvalue weighted by atomic mass is 127. The minimum absolute atomic E-state index is 0.0217. The molecule has 0 radical (unpaired) electrons. The van der Waals surface area contributed by atoms with Crippen LogP contribution in [-0.4, -0.2) is 9.85 Å². The van der Waals surface area contributed by atoms with Gasteiger partial charge in [0.15, 0.2) is 0 Å². The van der Waals surface area contributed by atoms with Gasteiger partial charge in [-0.1, -0.05) is 24.3 Å². The molecule has 0 fully saturated rings. The van der Waals surface area contributed by atoms with E-state index in [2.05, 4.69) is 0 Å². The molecule has 0 aromatic heterocycles. The van der Waals surface area contributed by atoms with Crippen LogP contribution in [0, 0.1) is 27.4 Å². The minimum Gasteiger partial charge on any atom is -0.258 e. The van der Waals surface area contributed by atoms with Gasteiger partial charge in [-0.15, -0.1) is 0 Å². The zero-order valence-electron chi connectivity index (χ0n) is 9.52. The van der Waals surface area contributed by atoms with Crippen molar-refractivity contribution >= 4 is 11.4 Å². The van der Waals surface area contributed by atoms with Crippen LogP contribution < -0.4 is 21.2 Å². The van der Waals surface area contributed by atoms with Crippen LogP contribution in [0.4, 0.5) is 11.4 Å². The maximum absolute atomic E-state index is 10.9. The first-order valence-corrected chi connectivity index (χ1v) is 7.37. The fraction of sp³-hybridized carbons (Fsp3) is 0. The van der Waals surface area contributed by atoms with E-state index < -0.39 is 31.1 Å². The SMILES string of the molecule is O=[N+]([O-])c1ccccc1[I+]c1ccccc1[N+](=O)[O-]. The highest BCUT2D eigenvalue weighted by molar-refractivity contribution is 5.30. The fourth-order valence-corrected chi connectivity index (χ4v) is 4.18. The largest absolute Gasteiger partial charge is 0.373 e. The molecule has 96 valence electrons. The fourth-order valence-electron chi connectivity index (χ4n) is 1.47. The Balaban J connectivity index is 2.42. The lowest BCUT2D eigenvalue weighted by atomic mass is 10.3. The van der Waals surface area contributed by atoms with Gasteiger partial charge >= 0.3 is 32.6 Å². The summed E-state index contributed by atoms with van der Waals surface area (Å²) in [6.07, 6.45) is 0. The lowest BCUT2D eigenvalue weighted by molar-refractivity contribution is -0.611. The first-order chi connectivity index (χ1) is 9.09. The van der Waals surface area contributed by atoms with Gasteiger partial charge in [0.25, 0.3) is 7.14 Å². The Kier molecular flexibility index (Phi) is 4.05. The van der Waals surface area contributed by atoms with Gasteiger partial charge in [0.1, 0.15) is 0 Å². The van der Waals surface area contributed by atoms with Crippen LogP contribution in [0.2, 0.25) is 0 Å². The molecule has 7 heteroatoms. The second kappa shape index (κ2) is 5.74. The van der Waals surface area contributed by atoms with E-state index >= 15 is 0 Å². The molecule has 0 aliphatic carbocycles. The third-order valence-corrected chi connectivity index (χ3v) is 5.29. The Morgan fingerprint density at radius 2 is 1.11 bits per heavy atom. The number of hydrogen-bond donors (Lipinski definition) is 0. The molecule has 0 unspecified atom stereocenters. The number of rotatable bonds is 4. The second-order valence-electron chi connectivity index (χ2n) is 3.51. The Bertz CT molecular complexity index is 590. The quantitative estimate of drug-likeness (QED) is 0.417. The van der Waals surface area contributed by atoms with Gasteiger partial charge in [-0.25, -0.2) is 0 Å². The molecular weight excluding hydrogens is 363 g/mol. The van der Waals surface area contributed by atoms with Gasteiger partial charge in [0, 0.05) is 12.1 Å². The molecule has 0 saturated carbocycles. The molecule has 0 N–H and O–H groups in total. The normalized spacial score (nSPS) is 10.1. The number of nitrogens with zero attached hydrogens (tertiary/aromatic N) is 2. The summed E-state index contributed by atoms with van der Waals surface area (Å²) in [4.78, 5) is 20.9. The number of benzene rings is 2. The Morgan fingerprint density at radius 1 is 0.737 bits per heavy atom. The van der Waals surface area contributed by atoms with Gasteiger partial charge in [-0.2, -0.15) is 0 Å². The zero-order valence-corrected chi connectivity index (χ0v) is 11.7. The van der Waals surface area contributed by atoms with Crippen LogP contribution in [-0.2, 0) is 0 Å². The Hall–Kier alpha value is -2.03. The summed E-state index contributed by atoms with van der Waals surface area (Å²) in [5.41, 5.74) is 0.0434. The van der Waals surface area contributed by atoms with E-state index in [0.29, 0.717) is 7.14 Å². The predicted octanol–water partition coefficient (Wildman–Crippen LogP) is -0.369. The summed E-state index contributed by atoms with van der Waals surface area (Å²) in [5.74, 6) is 0. The van der Waals surface area contributed by atoms with Crippen LogP contribution in [0.5, 0.6) is 0 Å². The van der Waals surface area contributed by atoms with E-state index in [1.54, 1.807) is 36.4 Å². The van der Waals surface area contributed by atoms with Crippen molar-refractivity contribution in [2.24, 2.45) is 0 Å². The lowest BCUT2D eigenvalue weighted by Crippen LogP contribution is -3.61. The van der Waals surface area contributed by atoms with E-state index in [1.165, 1.54) is 12.1 Å². The van der Waals surface area contributed by atoms with Crippen molar-refractivity contribution < 1.29 is 31.1 Å². The molecule has 6 nitrogen and oxygen atoms in total. The van der Waals surface area contributed by atoms with E-state index in [1.807, 2.05) is 0 Å². The molecule has 0 atom stereocenters. The molecule has 0 aliphatic rings. The molecular formula is C12H8IN2O4+. The molecule has 2 aromatic carbocycles. The van der Waals surface area contributed by atoms with Gasteiger partial charge in [-0.05, 0) is 12.1 Å². The number of halogens is 1. The monoisotopic (exact) mass is 371 g/mol. The van der Waals surface area contributed by atoms with E-state index in [-0.39, 0.29) is 11.4 Å². The minimum atomic E-state index is -0.965.